The molecule has 0 fully saturated rings. The molecule has 0 saturated heterocycles. The maximum atomic E-state index is 13.2. The molecule has 1 aromatic rings. The van der Waals surface area contributed by atoms with E-state index in [1.807, 2.05) is 0 Å². The highest BCUT2D eigenvalue weighted by molar-refractivity contribution is 7.89. The second-order valence-electron chi connectivity index (χ2n) is 3.29. The first-order chi connectivity index (χ1) is 7.58. The quantitative estimate of drug-likeness (QED) is 0.769. The molecule has 1 rings (SSSR count). The van der Waals surface area contributed by atoms with Crippen molar-refractivity contribution < 1.29 is 12.8 Å². The zero-order valence-electron chi connectivity index (χ0n) is 9.44. The van der Waals surface area contributed by atoms with Crippen LogP contribution in [-0.4, -0.2) is 28.6 Å². The average molecular weight is 283 g/mol. The third kappa shape index (κ3) is 4.99. The summed E-state index contributed by atoms with van der Waals surface area (Å²) in [6.07, 6.45) is 0.657. The van der Waals surface area contributed by atoms with Gasteiger partial charge in [-0.25, -0.2) is 17.5 Å². The third-order valence-corrected chi connectivity index (χ3v) is 3.52. The van der Waals surface area contributed by atoms with Crippen molar-refractivity contribution in [2.75, 3.05) is 20.1 Å². The van der Waals surface area contributed by atoms with Crippen molar-refractivity contribution in [3.63, 3.8) is 0 Å². The summed E-state index contributed by atoms with van der Waals surface area (Å²) in [5.74, 6) is -0.733. The van der Waals surface area contributed by atoms with Crippen molar-refractivity contribution >= 4 is 22.4 Å². The third-order valence-electron chi connectivity index (χ3n) is 2.02. The van der Waals surface area contributed by atoms with Gasteiger partial charge in [0.15, 0.2) is 0 Å². The van der Waals surface area contributed by atoms with Crippen molar-refractivity contribution in [3.05, 3.63) is 30.1 Å². The van der Waals surface area contributed by atoms with Crippen LogP contribution in [0.1, 0.15) is 6.42 Å². The van der Waals surface area contributed by atoms with Gasteiger partial charge in [0.25, 0.3) is 0 Å². The summed E-state index contributed by atoms with van der Waals surface area (Å²) in [7, 11) is -1.94. The fourth-order valence-corrected chi connectivity index (χ4v) is 2.36. The van der Waals surface area contributed by atoms with Gasteiger partial charge in [0.1, 0.15) is 10.7 Å². The molecule has 0 radical (unpaired) electrons. The van der Waals surface area contributed by atoms with Crippen LogP contribution in [0, 0.1) is 5.82 Å². The Balaban J connectivity index is 0.00000256. The van der Waals surface area contributed by atoms with E-state index < -0.39 is 15.8 Å². The Labute approximate surface area is 107 Å². The van der Waals surface area contributed by atoms with Gasteiger partial charge in [0, 0.05) is 6.54 Å². The number of benzene rings is 1. The molecule has 1 aromatic carbocycles. The molecule has 0 heterocycles. The summed E-state index contributed by atoms with van der Waals surface area (Å²) in [6.45, 7) is 0.997. The van der Waals surface area contributed by atoms with E-state index in [2.05, 4.69) is 10.0 Å². The lowest BCUT2D eigenvalue weighted by atomic mass is 10.4. The van der Waals surface area contributed by atoms with Crippen LogP contribution in [0.3, 0.4) is 0 Å². The first-order valence-electron chi connectivity index (χ1n) is 4.97. The lowest BCUT2D eigenvalue weighted by Gasteiger charge is -2.07. The largest absolute Gasteiger partial charge is 0.320 e. The fraction of sp³-hybridized carbons (Fsp3) is 0.400. The molecule has 2 N–H and O–H groups in total. The fourth-order valence-electron chi connectivity index (χ4n) is 1.21. The standard InChI is InChI=1S/C10H15FN2O2S.ClH/c1-12-7-4-8-13-16(14,15)10-6-3-2-5-9(10)11;/h2-3,5-6,12-13H,4,7-8H2,1H3;1H. The van der Waals surface area contributed by atoms with E-state index in [1.165, 1.54) is 18.2 Å². The molecule has 0 atom stereocenters. The SMILES string of the molecule is CNCCCNS(=O)(=O)c1ccccc1F.Cl. The van der Waals surface area contributed by atoms with Gasteiger partial charge in [-0.1, -0.05) is 12.1 Å². The van der Waals surface area contributed by atoms with Crippen LogP contribution in [0.5, 0.6) is 0 Å². The van der Waals surface area contributed by atoms with Crippen molar-refractivity contribution in [2.45, 2.75) is 11.3 Å². The molecule has 0 amide bonds. The van der Waals surface area contributed by atoms with E-state index in [4.69, 9.17) is 0 Å². The number of hydrogen-bond donors (Lipinski definition) is 2. The summed E-state index contributed by atoms with van der Waals surface area (Å²) < 4.78 is 38.9. The zero-order chi connectivity index (χ0) is 12.0. The summed E-state index contributed by atoms with van der Waals surface area (Å²) in [6, 6.07) is 5.32. The smallest absolute Gasteiger partial charge is 0.243 e. The van der Waals surface area contributed by atoms with Gasteiger partial charge in [0.05, 0.1) is 0 Å². The van der Waals surface area contributed by atoms with Crippen LogP contribution in [0.15, 0.2) is 29.2 Å². The molecule has 0 spiro atoms. The molecule has 4 nitrogen and oxygen atoms in total. The van der Waals surface area contributed by atoms with E-state index in [0.717, 1.165) is 6.07 Å². The van der Waals surface area contributed by atoms with Gasteiger partial charge in [0.2, 0.25) is 10.0 Å². The van der Waals surface area contributed by atoms with Crippen molar-refractivity contribution in [3.8, 4) is 0 Å². The van der Waals surface area contributed by atoms with Gasteiger partial charge in [-0.3, -0.25) is 0 Å². The molecule has 0 aliphatic heterocycles. The predicted octanol–water partition coefficient (Wildman–Crippen LogP) is 1.14. The molecule has 0 unspecified atom stereocenters. The maximum Gasteiger partial charge on any atom is 0.243 e. The minimum absolute atomic E-state index is 0. The molecule has 7 heteroatoms. The highest BCUT2D eigenvalue weighted by Gasteiger charge is 2.17. The summed E-state index contributed by atoms with van der Waals surface area (Å²) in [5.41, 5.74) is 0. The second kappa shape index (κ2) is 7.60. The molecule has 98 valence electrons. The lowest BCUT2D eigenvalue weighted by molar-refractivity contribution is 0.554. The number of rotatable bonds is 6. The van der Waals surface area contributed by atoms with Crippen molar-refractivity contribution in [1.29, 1.82) is 0 Å². The molecule has 0 bridgehead atoms. The molecule has 0 aliphatic carbocycles. The van der Waals surface area contributed by atoms with E-state index in [9.17, 15) is 12.8 Å². The summed E-state index contributed by atoms with van der Waals surface area (Å²) in [4.78, 5) is -0.306. The lowest BCUT2D eigenvalue weighted by Crippen LogP contribution is -2.27. The molecule has 0 aromatic heterocycles. The van der Waals surface area contributed by atoms with E-state index >= 15 is 0 Å². The second-order valence-corrected chi connectivity index (χ2v) is 5.02. The molecular formula is C10H16ClFN2O2S. The van der Waals surface area contributed by atoms with Crippen LogP contribution < -0.4 is 10.0 Å². The van der Waals surface area contributed by atoms with Crippen molar-refractivity contribution in [1.82, 2.24) is 10.0 Å². The Bertz CT molecular complexity index is 440. The van der Waals surface area contributed by atoms with Crippen LogP contribution in [0.25, 0.3) is 0 Å². The zero-order valence-corrected chi connectivity index (χ0v) is 11.1. The number of sulfonamides is 1. The number of hydrogen-bond acceptors (Lipinski definition) is 3. The predicted molar refractivity (Wildman–Crippen MR) is 67.4 cm³/mol. The molecule has 0 saturated carbocycles. The topological polar surface area (TPSA) is 58.2 Å². The van der Waals surface area contributed by atoms with Crippen molar-refractivity contribution in [2.24, 2.45) is 0 Å². The Kier molecular flexibility index (Phi) is 7.29. The van der Waals surface area contributed by atoms with Crippen LogP contribution in [0.2, 0.25) is 0 Å². The highest BCUT2D eigenvalue weighted by atomic mass is 35.5. The first kappa shape index (κ1) is 16.3. The first-order valence-corrected chi connectivity index (χ1v) is 6.45. The highest BCUT2D eigenvalue weighted by Crippen LogP contribution is 2.12. The molecule has 0 aliphatic rings. The van der Waals surface area contributed by atoms with E-state index in [1.54, 1.807) is 7.05 Å². The van der Waals surface area contributed by atoms with Gasteiger partial charge >= 0.3 is 0 Å². The number of nitrogens with one attached hydrogen (secondary N) is 2. The van der Waals surface area contributed by atoms with Gasteiger partial charge in [-0.2, -0.15) is 0 Å². The minimum atomic E-state index is -3.72. The van der Waals surface area contributed by atoms with Gasteiger partial charge < -0.3 is 5.32 Å². The Hall–Kier alpha value is -0.690. The van der Waals surface area contributed by atoms with Crippen LogP contribution in [-0.2, 0) is 10.0 Å². The Morgan fingerprint density at radius 3 is 2.47 bits per heavy atom. The summed E-state index contributed by atoms with van der Waals surface area (Å²) >= 11 is 0. The normalized spacial score (nSPS) is 10.9. The van der Waals surface area contributed by atoms with E-state index in [0.29, 0.717) is 13.0 Å². The van der Waals surface area contributed by atoms with Gasteiger partial charge in [-0.15, -0.1) is 12.4 Å². The van der Waals surface area contributed by atoms with Crippen LogP contribution >= 0.6 is 12.4 Å². The maximum absolute atomic E-state index is 13.2. The average Bonchev–Trinajstić information content (AvgIpc) is 2.25. The molecule has 17 heavy (non-hydrogen) atoms. The van der Waals surface area contributed by atoms with Crippen LogP contribution in [0.4, 0.5) is 4.39 Å². The molecular weight excluding hydrogens is 267 g/mol. The minimum Gasteiger partial charge on any atom is -0.320 e. The Morgan fingerprint density at radius 1 is 1.24 bits per heavy atom. The number of halogens is 2. The van der Waals surface area contributed by atoms with E-state index in [-0.39, 0.29) is 23.8 Å². The van der Waals surface area contributed by atoms with Gasteiger partial charge in [-0.05, 0) is 32.1 Å². The summed E-state index contributed by atoms with van der Waals surface area (Å²) in [5, 5.41) is 2.90. The monoisotopic (exact) mass is 282 g/mol. The Morgan fingerprint density at radius 2 is 1.88 bits per heavy atom.